The van der Waals surface area contributed by atoms with Crippen molar-refractivity contribution in [2.45, 2.75) is 59.4 Å². The second-order valence-electron chi connectivity index (χ2n) is 4.84. The molecule has 0 saturated carbocycles. The molecule has 102 valence electrons. The minimum absolute atomic E-state index is 0.456. The van der Waals surface area contributed by atoms with E-state index in [1.54, 1.807) is 0 Å². The number of aryl methyl sites for hydroxylation is 1. The van der Waals surface area contributed by atoms with Gasteiger partial charge in [-0.15, -0.1) is 0 Å². The quantitative estimate of drug-likeness (QED) is 0.740. The predicted molar refractivity (Wildman–Crippen MR) is 78.2 cm³/mol. The topological polar surface area (TPSA) is 49.8 Å². The number of hydrogen-bond acceptors (Lipinski definition) is 4. The Labute approximate surface area is 111 Å². The maximum atomic E-state index is 4.52. The number of anilines is 2. The fourth-order valence-corrected chi connectivity index (χ4v) is 1.73. The van der Waals surface area contributed by atoms with Gasteiger partial charge in [-0.3, -0.25) is 0 Å². The highest BCUT2D eigenvalue weighted by molar-refractivity contribution is 5.46. The van der Waals surface area contributed by atoms with Gasteiger partial charge >= 0.3 is 0 Å². The van der Waals surface area contributed by atoms with Crippen molar-refractivity contribution in [3.05, 3.63) is 11.8 Å². The van der Waals surface area contributed by atoms with Gasteiger partial charge in [-0.1, -0.05) is 26.7 Å². The molecular weight excluding hydrogens is 224 g/mol. The number of aromatic nitrogens is 2. The van der Waals surface area contributed by atoms with Crippen molar-refractivity contribution in [2.24, 2.45) is 0 Å². The Morgan fingerprint density at radius 1 is 1.28 bits per heavy atom. The Bertz CT molecular complexity index is 352. The smallest absolute Gasteiger partial charge is 0.224 e. The summed E-state index contributed by atoms with van der Waals surface area (Å²) in [5.74, 6) is 1.67. The Hall–Kier alpha value is -1.32. The molecule has 1 aromatic rings. The van der Waals surface area contributed by atoms with Crippen molar-refractivity contribution < 1.29 is 0 Å². The number of nitrogens with zero attached hydrogens (tertiary/aromatic N) is 2. The van der Waals surface area contributed by atoms with E-state index in [1.165, 1.54) is 19.3 Å². The fraction of sp³-hybridized carbons (Fsp3) is 0.714. The van der Waals surface area contributed by atoms with Crippen LogP contribution in [0.25, 0.3) is 0 Å². The molecule has 0 bridgehead atoms. The van der Waals surface area contributed by atoms with Crippen LogP contribution >= 0.6 is 0 Å². The molecule has 1 heterocycles. The molecule has 1 aromatic heterocycles. The summed E-state index contributed by atoms with van der Waals surface area (Å²) >= 11 is 0. The average molecular weight is 250 g/mol. The maximum Gasteiger partial charge on any atom is 0.224 e. The third-order valence-corrected chi connectivity index (χ3v) is 2.88. The van der Waals surface area contributed by atoms with E-state index in [2.05, 4.69) is 41.4 Å². The average Bonchev–Trinajstić information content (AvgIpc) is 2.37. The summed E-state index contributed by atoms with van der Waals surface area (Å²) in [5.41, 5.74) is 1.10. The van der Waals surface area contributed by atoms with Gasteiger partial charge in [-0.05, 0) is 26.7 Å². The Morgan fingerprint density at radius 3 is 2.72 bits per heavy atom. The summed E-state index contributed by atoms with van der Waals surface area (Å²) in [5, 5.41) is 6.69. The van der Waals surface area contributed by atoms with E-state index < -0.39 is 0 Å². The Kier molecular flexibility index (Phi) is 6.47. The first-order valence-corrected chi connectivity index (χ1v) is 7.01. The van der Waals surface area contributed by atoms with Crippen LogP contribution in [0.4, 0.5) is 11.8 Å². The van der Waals surface area contributed by atoms with Gasteiger partial charge in [0.25, 0.3) is 0 Å². The summed E-state index contributed by atoms with van der Waals surface area (Å²) in [6.07, 6.45) is 6.61. The van der Waals surface area contributed by atoms with Crippen LogP contribution < -0.4 is 10.6 Å². The van der Waals surface area contributed by atoms with Crippen LogP contribution in [0.1, 0.15) is 52.0 Å². The van der Waals surface area contributed by atoms with Crippen LogP contribution in [0.2, 0.25) is 0 Å². The Balaban J connectivity index is 2.62. The van der Waals surface area contributed by atoms with E-state index in [9.17, 15) is 0 Å². The third kappa shape index (κ3) is 4.90. The lowest BCUT2D eigenvalue weighted by molar-refractivity contribution is 0.642. The van der Waals surface area contributed by atoms with E-state index in [-0.39, 0.29) is 0 Å². The lowest BCUT2D eigenvalue weighted by atomic mass is 10.1. The highest BCUT2D eigenvalue weighted by atomic mass is 15.1. The molecule has 0 amide bonds. The molecule has 0 aromatic carbocycles. The molecule has 0 saturated heterocycles. The molecule has 4 heteroatoms. The van der Waals surface area contributed by atoms with Gasteiger partial charge in [0, 0.05) is 24.3 Å². The van der Waals surface area contributed by atoms with E-state index in [0.29, 0.717) is 12.0 Å². The zero-order chi connectivity index (χ0) is 13.4. The first-order valence-electron chi connectivity index (χ1n) is 7.01. The summed E-state index contributed by atoms with van der Waals surface area (Å²) in [4.78, 5) is 8.81. The first-order chi connectivity index (χ1) is 8.67. The van der Waals surface area contributed by atoms with E-state index in [1.807, 2.05) is 13.1 Å². The van der Waals surface area contributed by atoms with Gasteiger partial charge in [-0.25, -0.2) is 4.98 Å². The molecule has 2 N–H and O–H groups in total. The predicted octanol–water partition coefficient (Wildman–Crippen LogP) is 3.60. The van der Waals surface area contributed by atoms with E-state index in [0.717, 1.165) is 24.3 Å². The minimum Gasteiger partial charge on any atom is -0.367 e. The molecule has 1 rings (SSSR count). The largest absolute Gasteiger partial charge is 0.367 e. The molecule has 0 aliphatic heterocycles. The lowest BCUT2D eigenvalue weighted by Crippen LogP contribution is -2.17. The summed E-state index contributed by atoms with van der Waals surface area (Å²) in [6.45, 7) is 9.51. The molecule has 0 spiro atoms. The minimum atomic E-state index is 0.456. The monoisotopic (exact) mass is 250 g/mol. The van der Waals surface area contributed by atoms with Gasteiger partial charge in [0.05, 0.1) is 0 Å². The zero-order valence-electron chi connectivity index (χ0n) is 12.1. The van der Waals surface area contributed by atoms with Crippen LogP contribution in [-0.4, -0.2) is 22.6 Å². The highest BCUT2D eigenvalue weighted by Crippen LogP contribution is 2.15. The van der Waals surface area contributed by atoms with Crippen molar-refractivity contribution in [3.63, 3.8) is 0 Å². The van der Waals surface area contributed by atoms with E-state index >= 15 is 0 Å². The SMILES string of the molecule is CCCCC(C)Nc1nc(NCCC)ncc1C. The van der Waals surface area contributed by atoms with Crippen LogP contribution in [0, 0.1) is 6.92 Å². The molecule has 0 aliphatic carbocycles. The van der Waals surface area contributed by atoms with E-state index in [4.69, 9.17) is 0 Å². The van der Waals surface area contributed by atoms with Crippen molar-refractivity contribution in [1.82, 2.24) is 9.97 Å². The van der Waals surface area contributed by atoms with Crippen LogP contribution in [0.3, 0.4) is 0 Å². The molecule has 0 radical (unpaired) electrons. The molecule has 0 aliphatic rings. The number of rotatable bonds is 8. The third-order valence-electron chi connectivity index (χ3n) is 2.88. The second kappa shape index (κ2) is 7.90. The second-order valence-corrected chi connectivity index (χ2v) is 4.84. The molecule has 1 unspecified atom stereocenters. The summed E-state index contributed by atoms with van der Waals surface area (Å²) < 4.78 is 0. The fourth-order valence-electron chi connectivity index (χ4n) is 1.73. The van der Waals surface area contributed by atoms with Crippen molar-refractivity contribution in [2.75, 3.05) is 17.2 Å². The van der Waals surface area contributed by atoms with Gasteiger partial charge in [-0.2, -0.15) is 4.98 Å². The summed E-state index contributed by atoms with van der Waals surface area (Å²) in [7, 11) is 0. The van der Waals surface area contributed by atoms with Gasteiger partial charge in [0.15, 0.2) is 0 Å². The van der Waals surface area contributed by atoms with Gasteiger partial charge in [0.2, 0.25) is 5.95 Å². The number of hydrogen-bond donors (Lipinski definition) is 2. The molecule has 18 heavy (non-hydrogen) atoms. The van der Waals surface area contributed by atoms with Crippen molar-refractivity contribution in [1.29, 1.82) is 0 Å². The van der Waals surface area contributed by atoms with Crippen molar-refractivity contribution >= 4 is 11.8 Å². The van der Waals surface area contributed by atoms with Crippen LogP contribution in [-0.2, 0) is 0 Å². The van der Waals surface area contributed by atoms with Crippen molar-refractivity contribution in [3.8, 4) is 0 Å². The first kappa shape index (κ1) is 14.7. The van der Waals surface area contributed by atoms with Gasteiger partial charge in [0.1, 0.15) is 5.82 Å². The lowest BCUT2D eigenvalue weighted by Gasteiger charge is -2.16. The normalized spacial score (nSPS) is 12.2. The molecule has 4 nitrogen and oxygen atoms in total. The molecular formula is C14H26N4. The molecule has 0 fully saturated rings. The highest BCUT2D eigenvalue weighted by Gasteiger charge is 2.07. The maximum absolute atomic E-state index is 4.52. The van der Waals surface area contributed by atoms with Crippen LogP contribution in [0.5, 0.6) is 0 Å². The Morgan fingerprint density at radius 2 is 2.06 bits per heavy atom. The zero-order valence-corrected chi connectivity index (χ0v) is 12.1. The number of unbranched alkanes of at least 4 members (excludes halogenated alkanes) is 1. The standard InChI is InChI=1S/C14H26N4/c1-5-7-8-12(4)17-13-11(3)10-16-14(18-13)15-9-6-2/h10,12H,5-9H2,1-4H3,(H2,15,16,17,18). The van der Waals surface area contributed by atoms with Gasteiger partial charge < -0.3 is 10.6 Å². The molecule has 1 atom stereocenters. The summed E-state index contributed by atoms with van der Waals surface area (Å²) in [6, 6.07) is 0.456. The number of nitrogens with one attached hydrogen (secondary N) is 2. The van der Waals surface area contributed by atoms with Crippen LogP contribution in [0.15, 0.2) is 6.20 Å².